The number of methoxy groups -OCH3 is 1. The predicted molar refractivity (Wildman–Crippen MR) is 86.7 cm³/mol. The first-order chi connectivity index (χ1) is 10.6. The van der Waals surface area contributed by atoms with Gasteiger partial charge in [0.1, 0.15) is 11.9 Å². The minimum absolute atomic E-state index is 0.0124. The van der Waals surface area contributed by atoms with Gasteiger partial charge in [0.05, 0.1) is 24.4 Å². The number of amides is 1. The molecule has 0 saturated heterocycles. The molecule has 0 bridgehead atoms. The van der Waals surface area contributed by atoms with E-state index in [1.165, 1.54) is 7.11 Å². The number of rotatable bonds is 7. The van der Waals surface area contributed by atoms with Gasteiger partial charge in [-0.25, -0.2) is 0 Å². The van der Waals surface area contributed by atoms with Crippen molar-refractivity contribution in [2.24, 2.45) is 5.16 Å². The van der Waals surface area contributed by atoms with Crippen LogP contribution in [0.4, 0.5) is 5.69 Å². The molecule has 2 N–H and O–H groups in total. The van der Waals surface area contributed by atoms with E-state index >= 15 is 0 Å². The second-order valence-corrected chi connectivity index (χ2v) is 5.38. The van der Waals surface area contributed by atoms with Gasteiger partial charge in [0.15, 0.2) is 0 Å². The van der Waals surface area contributed by atoms with Crippen molar-refractivity contribution in [3.05, 3.63) is 23.2 Å². The van der Waals surface area contributed by atoms with Crippen molar-refractivity contribution in [3.63, 3.8) is 0 Å². The second kappa shape index (κ2) is 8.00. The lowest BCUT2D eigenvalue weighted by atomic mass is 10.1. The normalized spacial score (nSPS) is 16.9. The minimum atomic E-state index is -0.140. The Morgan fingerprint density at radius 2 is 2.36 bits per heavy atom. The molecule has 0 unspecified atom stereocenters. The molecular formula is C15H20ClN3O3. The van der Waals surface area contributed by atoms with Crippen LogP contribution in [0.1, 0.15) is 19.8 Å². The van der Waals surface area contributed by atoms with E-state index in [4.69, 9.17) is 21.2 Å². The molecule has 1 aromatic carbocycles. The van der Waals surface area contributed by atoms with E-state index in [-0.39, 0.29) is 18.6 Å². The van der Waals surface area contributed by atoms with Gasteiger partial charge >= 0.3 is 0 Å². The summed E-state index contributed by atoms with van der Waals surface area (Å²) in [5, 5.41) is 10.3. The number of carbonyl (C=O) groups is 1. The molecule has 1 aromatic rings. The van der Waals surface area contributed by atoms with Gasteiger partial charge in [-0.05, 0) is 18.6 Å². The van der Waals surface area contributed by atoms with Gasteiger partial charge in [-0.1, -0.05) is 23.7 Å². The molecule has 0 saturated carbocycles. The third-order valence-electron chi connectivity index (χ3n) is 3.29. The number of ether oxygens (including phenoxy) is 1. The van der Waals surface area contributed by atoms with E-state index in [0.29, 0.717) is 23.0 Å². The van der Waals surface area contributed by atoms with Crippen LogP contribution in [0.5, 0.6) is 5.75 Å². The van der Waals surface area contributed by atoms with Gasteiger partial charge in [-0.15, -0.1) is 0 Å². The zero-order valence-corrected chi connectivity index (χ0v) is 13.4. The molecule has 1 aliphatic rings. The fourth-order valence-corrected chi connectivity index (χ4v) is 2.29. The Balaban J connectivity index is 1.72. The molecule has 6 nitrogen and oxygen atoms in total. The Morgan fingerprint density at radius 3 is 3.05 bits per heavy atom. The molecule has 1 amide bonds. The number of hydrogen-bond donors (Lipinski definition) is 2. The fraction of sp³-hybridized carbons (Fsp3) is 0.467. The van der Waals surface area contributed by atoms with Crippen molar-refractivity contribution in [3.8, 4) is 5.75 Å². The van der Waals surface area contributed by atoms with Crippen LogP contribution in [0.15, 0.2) is 23.4 Å². The molecule has 0 aliphatic carbocycles. The summed E-state index contributed by atoms with van der Waals surface area (Å²) >= 11 is 5.94. The minimum Gasteiger partial charge on any atom is -0.495 e. The van der Waals surface area contributed by atoms with Gasteiger partial charge in [0.2, 0.25) is 5.91 Å². The highest BCUT2D eigenvalue weighted by molar-refractivity contribution is 6.32. The van der Waals surface area contributed by atoms with Gasteiger partial charge in [-0.3, -0.25) is 4.79 Å². The van der Waals surface area contributed by atoms with Crippen LogP contribution < -0.4 is 15.4 Å². The Morgan fingerprint density at radius 1 is 1.55 bits per heavy atom. The average molecular weight is 326 g/mol. The maximum absolute atomic E-state index is 11.9. The summed E-state index contributed by atoms with van der Waals surface area (Å²) in [5.41, 5.74) is 1.70. The van der Waals surface area contributed by atoms with Crippen molar-refractivity contribution in [2.45, 2.75) is 25.9 Å². The van der Waals surface area contributed by atoms with Gasteiger partial charge in [0, 0.05) is 24.7 Å². The first-order valence-electron chi connectivity index (χ1n) is 7.18. The first-order valence-corrected chi connectivity index (χ1v) is 7.55. The van der Waals surface area contributed by atoms with Crippen LogP contribution in [0.2, 0.25) is 5.02 Å². The first kappa shape index (κ1) is 16.6. The predicted octanol–water partition coefficient (Wildman–Crippen LogP) is 2.43. The zero-order valence-electron chi connectivity index (χ0n) is 12.7. The molecule has 0 spiro atoms. The Labute approximate surface area is 134 Å². The monoisotopic (exact) mass is 325 g/mol. The second-order valence-electron chi connectivity index (χ2n) is 4.97. The number of benzene rings is 1. The smallest absolute Gasteiger partial charge is 0.238 e. The zero-order chi connectivity index (χ0) is 15.9. The number of anilines is 1. The SMILES string of the molecule is CCC1=NO[C@@H](CNCC(=O)Nc2ccc(Cl)c(OC)c2)C1. The Hall–Kier alpha value is -1.79. The summed E-state index contributed by atoms with van der Waals surface area (Å²) in [6, 6.07) is 5.09. The summed E-state index contributed by atoms with van der Waals surface area (Å²) < 4.78 is 5.11. The number of hydrogen-bond acceptors (Lipinski definition) is 5. The topological polar surface area (TPSA) is 72.0 Å². The Kier molecular flexibility index (Phi) is 6.03. The van der Waals surface area contributed by atoms with Crippen LogP contribution in [0.25, 0.3) is 0 Å². The van der Waals surface area contributed by atoms with E-state index in [2.05, 4.69) is 15.8 Å². The van der Waals surface area contributed by atoms with Crippen molar-refractivity contribution >= 4 is 28.9 Å². The summed E-state index contributed by atoms with van der Waals surface area (Å²) in [6.07, 6.45) is 1.73. The average Bonchev–Trinajstić information content (AvgIpc) is 2.97. The lowest BCUT2D eigenvalue weighted by Gasteiger charge is -2.11. The summed E-state index contributed by atoms with van der Waals surface area (Å²) in [4.78, 5) is 17.1. The highest BCUT2D eigenvalue weighted by atomic mass is 35.5. The molecule has 0 radical (unpaired) electrons. The van der Waals surface area contributed by atoms with Crippen LogP contribution in [-0.4, -0.2) is 37.9 Å². The lowest BCUT2D eigenvalue weighted by molar-refractivity contribution is -0.115. The lowest BCUT2D eigenvalue weighted by Crippen LogP contribution is -2.34. The highest BCUT2D eigenvalue weighted by Gasteiger charge is 2.19. The van der Waals surface area contributed by atoms with Crippen LogP contribution in [0, 0.1) is 0 Å². The van der Waals surface area contributed by atoms with E-state index in [1.807, 2.05) is 6.92 Å². The van der Waals surface area contributed by atoms with Crippen LogP contribution in [-0.2, 0) is 9.63 Å². The van der Waals surface area contributed by atoms with Crippen LogP contribution >= 0.6 is 11.6 Å². The molecule has 1 heterocycles. The molecule has 0 fully saturated rings. The molecule has 1 aliphatic heterocycles. The molecule has 1 atom stereocenters. The van der Waals surface area contributed by atoms with Crippen LogP contribution in [0.3, 0.4) is 0 Å². The van der Waals surface area contributed by atoms with E-state index in [0.717, 1.165) is 18.6 Å². The fourth-order valence-electron chi connectivity index (χ4n) is 2.09. The number of nitrogens with one attached hydrogen (secondary N) is 2. The van der Waals surface area contributed by atoms with Crippen molar-refractivity contribution < 1.29 is 14.4 Å². The maximum atomic E-state index is 11.9. The molecule has 7 heteroatoms. The van der Waals surface area contributed by atoms with E-state index in [9.17, 15) is 4.79 Å². The Bertz CT molecular complexity index is 563. The maximum Gasteiger partial charge on any atom is 0.238 e. The highest BCUT2D eigenvalue weighted by Crippen LogP contribution is 2.27. The van der Waals surface area contributed by atoms with Gasteiger partial charge < -0.3 is 20.2 Å². The standard InChI is InChI=1S/C15H20ClN3O3/c1-3-10-6-12(22-19-10)8-17-9-15(20)18-11-4-5-13(16)14(7-11)21-2/h4-5,7,12,17H,3,6,8-9H2,1-2H3,(H,18,20)/t12-/m1/s1. The molecular weight excluding hydrogens is 306 g/mol. The number of halogens is 1. The van der Waals surface area contributed by atoms with Crippen molar-refractivity contribution in [2.75, 3.05) is 25.5 Å². The number of nitrogens with zero attached hydrogens (tertiary/aromatic N) is 1. The van der Waals surface area contributed by atoms with E-state index in [1.54, 1.807) is 18.2 Å². The van der Waals surface area contributed by atoms with Crippen molar-refractivity contribution in [1.82, 2.24) is 5.32 Å². The molecule has 0 aromatic heterocycles. The number of oxime groups is 1. The largest absolute Gasteiger partial charge is 0.495 e. The van der Waals surface area contributed by atoms with Gasteiger partial charge in [-0.2, -0.15) is 0 Å². The summed E-state index contributed by atoms with van der Waals surface area (Å²) in [6.45, 7) is 2.84. The molecule has 2 rings (SSSR count). The summed E-state index contributed by atoms with van der Waals surface area (Å²) in [5.74, 6) is 0.384. The summed E-state index contributed by atoms with van der Waals surface area (Å²) in [7, 11) is 1.53. The van der Waals surface area contributed by atoms with E-state index < -0.39 is 0 Å². The third kappa shape index (κ3) is 4.61. The van der Waals surface area contributed by atoms with Gasteiger partial charge in [0.25, 0.3) is 0 Å². The van der Waals surface area contributed by atoms with Crippen molar-refractivity contribution in [1.29, 1.82) is 0 Å². The number of carbonyl (C=O) groups excluding carboxylic acids is 1. The molecule has 120 valence electrons. The quantitative estimate of drug-likeness (QED) is 0.807. The third-order valence-corrected chi connectivity index (χ3v) is 3.61. The molecule has 22 heavy (non-hydrogen) atoms.